The summed E-state index contributed by atoms with van der Waals surface area (Å²) in [5.41, 5.74) is 0.831. The standard InChI is InChI=1S/C18H23N3O4S/c1-4-24-15-13-11(3)14(26-16(13)20-10-19-15)17(22)21-8-6-7-12(9-21)18(23)25-5-2/h10,12H,4-9H2,1-3H3. The van der Waals surface area contributed by atoms with Crippen LogP contribution in [0.25, 0.3) is 10.2 Å². The van der Waals surface area contributed by atoms with E-state index in [1.165, 1.54) is 17.7 Å². The van der Waals surface area contributed by atoms with E-state index in [1.807, 2.05) is 13.8 Å². The van der Waals surface area contributed by atoms with Crippen LogP contribution in [0.2, 0.25) is 0 Å². The number of aryl methyl sites for hydroxylation is 1. The van der Waals surface area contributed by atoms with Crippen molar-refractivity contribution in [1.29, 1.82) is 0 Å². The van der Waals surface area contributed by atoms with E-state index in [-0.39, 0.29) is 17.8 Å². The van der Waals surface area contributed by atoms with Crippen LogP contribution in [-0.2, 0) is 9.53 Å². The van der Waals surface area contributed by atoms with Crippen molar-refractivity contribution in [3.8, 4) is 5.88 Å². The molecular weight excluding hydrogens is 354 g/mol. The van der Waals surface area contributed by atoms with Crippen molar-refractivity contribution in [2.75, 3.05) is 26.3 Å². The Balaban J connectivity index is 1.86. The molecular formula is C18H23N3O4S. The Morgan fingerprint density at radius 3 is 2.85 bits per heavy atom. The minimum absolute atomic E-state index is 0.0676. The van der Waals surface area contributed by atoms with Crippen LogP contribution in [0.15, 0.2) is 6.33 Å². The Kier molecular flexibility index (Phi) is 5.70. The number of carbonyl (C=O) groups excluding carboxylic acids is 2. The third-order valence-corrected chi connectivity index (χ3v) is 5.68. The molecule has 1 aliphatic heterocycles. The van der Waals surface area contributed by atoms with E-state index in [0.717, 1.165) is 28.6 Å². The van der Waals surface area contributed by atoms with E-state index in [0.29, 0.717) is 37.1 Å². The lowest BCUT2D eigenvalue weighted by Gasteiger charge is -2.31. The van der Waals surface area contributed by atoms with Gasteiger partial charge in [-0.15, -0.1) is 11.3 Å². The van der Waals surface area contributed by atoms with Crippen molar-refractivity contribution >= 4 is 33.4 Å². The lowest BCUT2D eigenvalue weighted by Crippen LogP contribution is -2.42. The molecule has 0 radical (unpaired) electrons. The highest BCUT2D eigenvalue weighted by molar-refractivity contribution is 7.20. The molecule has 0 spiro atoms. The Morgan fingerprint density at radius 2 is 2.12 bits per heavy atom. The predicted octanol–water partition coefficient (Wildman–Crippen LogP) is 2.81. The first-order valence-electron chi connectivity index (χ1n) is 8.89. The number of piperidine rings is 1. The number of thiophene rings is 1. The number of rotatable bonds is 5. The maximum atomic E-state index is 13.1. The molecule has 0 aromatic carbocycles. The average molecular weight is 377 g/mol. The summed E-state index contributed by atoms with van der Waals surface area (Å²) in [6, 6.07) is 0. The van der Waals surface area contributed by atoms with Crippen LogP contribution in [0, 0.1) is 12.8 Å². The second-order valence-electron chi connectivity index (χ2n) is 6.19. The SMILES string of the molecule is CCOC(=O)C1CCCN(C(=O)c2sc3ncnc(OCC)c3c2C)C1. The average Bonchev–Trinajstić information content (AvgIpc) is 2.99. The molecule has 1 aliphatic rings. The van der Waals surface area contributed by atoms with Gasteiger partial charge in [0, 0.05) is 13.1 Å². The van der Waals surface area contributed by atoms with Gasteiger partial charge in [-0.05, 0) is 39.2 Å². The number of carbonyl (C=O) groups is 2. The molecule has 2 aromatic heterocycles. The minimum Gasteiger partial charge on any atom is -0.477 e. The van der Waals surface area contributed by atoms with E-state index in [9.17, 15) is 9.59 Å². The van der Waals surface area contributed by atoms with Crippen molar-refractivity contribution in [2.45, 2.75) is 33.6 Å². The molecule has 0 N–H and O–H groups in total. The summed E-state index contributed by atoms with van der Waals surface area (Å²) in [5, 5.41) is 0.793. The fourth-order valence-corrected chi connectivity index (χ4v) is 4.35. The van der Waals surface area contributed by atoms with Gasteiger partial charge in [-0.25, -0.2) is 9.97 Å². The summed E-state index contributed by atoms with van der Waals surface area (Å²) in [5.74, 6) is -0.0287. The van der Waals surface area contributed by atoms with Crippen LogP contribution in [0.1, 0.15) is 41.9 Å². The van der Waals surface area contributed by atoms with Crippen LogP contribution in [0.5, 0.6) is 5.88 Å². The zero-order valence-electron chi connectivity index (χ0n) is 15.3. The predicted molar refractivity (Wildman–Crippen MR) is 98.6 cm³/mol. The van der Waals surface area contributed by atoms with Gasteiger partial charge in [0.1, 0.15) is 11.2 Å². The van der Waals surface area contributed by atoms with Crippen molar-refractivity contribution in [3.63, 3.8) is 0 Å². The van der Waals surface area contributed by atoms with Gasteiger partial charge in [-0.3, -0.25) is 9.59 Å². The van der Waals surface area contributed by atoms with Gasteiger partial charge in [0.25, 0.3) is 5.91 Å². The van der Waals surface area contributed by atoms with Crippen LogP contribution in [0.4, 0.5) is 0 Å². The van der Waals surface area contributed by atoms with Crippen molar-refractivity contribution < 1.29 is 19.1 Å². The van der Waals surface area contributed by atoms with Gasteiger partial charge < -0.3 is 14.4 Å². The van der Waals surface area contributed by atoms with Crippen molar-refractivity contribution in [3.05, 3.63) is 16.8 Å². The first kappa shape index (κ1) is 18.6. The smallest absolute Gasteiger partial charge is 0.310 e. The van der Waals surface area contributed by atoms with Gasteiger partial charge in [0.2, 0.25) is 5.88 Å². The first-order chi connectivity index (χ1) is 12.6. The molecule has 26 heavy (non-hydrogen) atoms. The molecule has 8 heteroatoms. The molecule has 0 aliphatic carbocycles. The Labute approximate surface area is 156 Å². The van der Waals surface area contributed by atoms with Gasteiger partial charge >= 0.3 is 5.97 Å². The molecule has 1 atom stereocenters. The normalized spacial score (nSPS) is 17.3. The topological polar surface area (TPSA) is 81.6 Å². The number of aromatic nitrogens is 2. The number of esters is 1. The highest BCUT2D eigenvalue weighted by Gasteiger charge is 2.31. The fraction of sp³-hybridized carbons (Fsp3) is 0.556. The Bertz CT molecular complexity index is 820. The molecule has 0 bridgehead atoms. The van der Waals surface area contributed by atoms with E-state index in [2.05, 4.69) is 9.97 Å². The zero-order valence-corrected chi connectivity index (χ0v) is 16.1. The number of hydrogen-bond donors (Lipinski definition) is 0. The number of ether oxygens (including phenoxy) is 2. The quantitative estimate of drug-likeness (QED) is 0.745. The number of hydrogen-bond acceptors (Lipinski definition) is 7. The molecule has 140 valence electrons. The molecule has 1 saturated heterocycles. The largest absolute Gasteiger partial charge is 0.477 e. The first-order valence-corrected chi connectivity index (χ1v) is 9.71. The van der Waals surface area contributed by atoms with Gasteiger partial charge in [-0.2, -0.15) is 0 Å². The summed E-state index contributed by atoms with van der Waals surface area (Å²) < 4.78 is 10.7. The van der Waals surface area contributed by atoms with E-state index < -0.39 is 0 Å². The fourth-order valence-electron chi connectivity index (χ4n) is 3.25. The number of nitrogens with zero attached hydrogens (tertiary/aromatic N) is 3. The molecule has 1 fully saturated rings. The summed E-state index contributed by atoms with van der Waals surface area (Å²) in [4.78, 5) is 36.7. The summed E-state index contributed by atoms with van der Waals surface area (Å²) in [6.07, 6.45) is 3.01. The highest BCUT2D eigenvalue weighted by atomic mass is 32.1. The molecule has 3 rings (SSSR count). The minimum atomic E-state index is -0.249. The second kappa shape index (κ2) is 7.99. The zero-order chi connectivity index (χ0) is 18.7. The third kappa shape index (κ3) is 3.51. The third-order valence-electron chi connectivity index (χ3n) is 4.50. The van der Waals surface area contributed by atoms with Crippen molar-refractivity contribution in [1.82, 2.24) is 14.9 Å². The molecule has 0 saturated carbocycles. The van der Waals surface area contributed by atoms with Crippen LogP contribution in [0.3, 0.4) is 0 Å². The van der Waals surface area contributed by atoms with Crippen molar-refractivity contribution in [2.24, 2.45) is 5.92 Å². The Hall–Kier alpha value is -2.22. The summed E-state index contributed by atoms with van der Waals surface area (Å²) in [6.45, 7) is 7.48. The second-order valence-corrected chi connectivity index (χ2v) is 7.19. The van der Waals surface area contributed by atoms with Gasteiger partial charge in [0.05, 0.1) is 29.4 Å². The molecule has 7 nitrogen and oxygen atoms in total. The van der Waals surface area contributed by atoms with Crippen LogP contribution < -0.4 is 4.74 Å². The Morgan fingerprint density at radius 1 is 1.31 bits per heavy atom. The van der Waals surface area contributed by atoms with Crippen LogP contribution >= 0.6 is 11.3 Å². The maximum Gasteiger partial charge on any atom is 0.310 e. The lowest BCUT2D eigenvalue weighted by molar-refractivity contribution is -0.149. The summed E-state index contributed by atoms with van der Waals surface area (Å²) in [7, 11) is 0. The lowest BCUT2D eigenvalue weighted by atomic mass is 9.98. The highest BCUT2D eigenvalue weighted by Crippen LogP contribution is 2.35. The number of likely N-dealkylation sites (tertiary alicyclic amines) is 1. The molecule has 1 unspecified atom stereocenters. The summed E-state index contributed by atoms with van der Waals surface area (Å²) >= 11 is 1.35. The van der Waals surface area contributed by atoms with Gasteiger partial charge in [0.15, 0.2) is 0 Å². The van der Waals surface area contributed by atoms with E-state index in [4.69, 9.17) is 9.47 Å². The maximum absolute atomic E-state index is 13.1. The number of amides is 1. The molecule has 2 aromatic rings. The van der Waals surface area contributed by atoms with E-state index in [1.54, 1.807) is 11.8 Å². The molecule has 1 amide bonds. The van der Waals surface area contributed by atoms with Gasteiger partial charge in [-0.1, -0.05) is 0 Å². The van der Waals surface area contributed by atoms with E-state index >= 15 is 0 Å². The molecule has 3 heterocycles. The number of fused-ring (bicyclic) bond motifs is 1. The monoisotopic (exact) mass is 377 g/mol. The van der Waals surface area contributed by atoms with Crippen LogP contribution in [-0.4, -0.2) is 53.0 Å².